The van der Waals surface area contributed by atoms with Crippen molar-refractivity contribution in [3.63, 3.8) is 0 Å². The number of nitrogens with one attached hydrogen (secondary N) is 1. The number of rotatable bonds is 4. The zero-order chi connectivity index (χ0) is 23.7. The monoisotopic (exact) mass is 471 g/mol. The predicted molar refractivity (Wildman–Crippen MR) is 124 cm³/mol. The number of esters is 2. The van der Waals surface area contributed by atoms with Gasteiger partial charge in [0.15, 0.2) is 5.78 Å². The van der Waals surface area contributed by atoms with Crippen LogP contribution in [0, 0.1) is 11.8 Å². The quantitative estimate of drug-likeness (QED) is 0.500. The highest BCUT2D eigenvalue weighted by Crippen LogP contribution is 2.45. The Morgan fingerprint density at radius 3 is 2.39 bits per heavy atom. The number of methoxy groups -OCH3 is 1. The van der Waals surface area contributed by atoms with Crippen molar-refractivity contribution in [2.75, 3.05) is 7.11 Å². The number of allylic oxidation sites excluding steroid dienone is 3. The summed E-state index contributed by atoms with van der Waals surface area (Å²) in [7, 11) is 1.29. The standard InChI is InChI=1S/C26H30ClNO5/c1-14-13-19-23(24(29)20(14)25(30)32-3)22(16-9-11-17(27)12-10-16)21(15(2)28-19)26(31)33-18-7-5-4-6-8-18/h9-12,14,18,20,22,28H,4-8,13H2,1-3H3. The summed E-state index contributed by atoms with van der Waals surface area (Å²) in [5, 5.41) is 3.86. The first-order valence-electron chi connectivity index (χ1n) is 11.6. The molecule has 0 radical (unpaired) electrons. The van der Waals surface area contributed by atoms with Crippen LogP contribution in [-0.2, 0) is 23.9 Å². The number of hydrogen-bond acceptors (Lipinski definition) is 6. The first-order valence-corrected chi connectivity index (χ1v) is 12.0. The maximum absolute atomic E-state index is 13.7. The van der Waals surface area contributed by atoms with Crippen molar-refractivity contribution in [1.82, 2.24) is 5.32 Å². The molecule has 1 aromatic rings. The van der Waals surface area contributed by atoms with Crippen molar-refractivity contribution in [2.24, 2.45) is 11.8 Å². The molecular formula is C26H30ClNO5. The second-order valence-corrected chi connectivity index (χ2v) is 9.69. The molecule has 0 aromatic heterocycles. The number of halogens is 1. The van der Waals surface area contributed by atoms with E-state index in [0.29, 0.717) is 28.3 Å². The van der Waals surface area contributed by atoms with Crippen LogP contribution in [0.3, 0.4) is 0 Å². The molecule has 0 spiro atoms. The molecule has 176 valence electrons. The number of Topliss-reactive ketones (excluding diaryl/α,β-unsaturated/α-hetero) is 1. The fourth-order valence-electron chi connectivity index (χ4n) is 5.34. The lowest BCUT2D eigenvalue weighted by atomic mass is 9.69. The Balaban J connectivity index is 1.77. The number of dihydropyridines is 1. The van der Waals surface area contributed by atoms with Crippen LogP contribution in [-0.4, -0.2) is 30.9 Å². The van der Waals surface area contributed by atoms with Gasteiger partial charge in [0.05, 0.1) is 12.7 Å². The van der Waals surface area contributed by atoms with Gasteiger partial charge in [0, 0.05) is 27.9 Å². The summed E-state index contributed by atoms with van der Waals surface area (Å²) in [4.78, 5) is 39.6. The van der Waals surface area contributed by atoms with Gasteiger partial charge in [-0.05, 0) is 62.6 Å². The third-order valence-corrected chi connectivity index (χ3v) is 7.24. The van der Waals surface area contributed by atoms with Crippen molar-refractivity contribution in [3.8, 4) is 0 Å². The van der Waals surface area contributed by atoms with Crippen LogP contribution >= 0.6 is 11.6 Å². The fraction of sp³-hybridized carbons (Fsp3) is 0.500. The molecule has 1 aromatic carbocycles. The lowest BCUT2D eigenvalue weighted by molar-refractivity contribution is -0.151. The molecule has 7 heteroatoms. The predicted octanol–water partition coefficient (Wildman–Crippen LogP) is 4.83. The Morgan fingerprint density at radius 1 is 1.09 bits per heavy atom. The summed E-state index contributed by atoms with van der Waals surface area (Å²) in [6.07, 6.45) is 5.34. The minimum absolute atomic E-state index is 0.113. The van der Waals surface area contributed by atoms with Crippen LogP contribution in [0.2, 0.25) is 5.02 Å². The fourth-order valence-corrected chi connectivity index (χ4v) is 5.46. The van der Waals surface area contributed by atoms with Crippen LogP contribution in [0.1, 0.15) is 63.9 Å². The minimum Gasteiger partial charge on any atom is -0.468 e. The molecule has 0 saturated heterocycles. The lowest BCUT2D eigenvalue weighted by Crippen LogP contribution is -2.43. The van der Waals surface area contributed by atoms with E-state index in [0.717, 1.165) is 43.4 Å². The average molecular weight is 472 g/mol. The van der Waals surface area contributed by atoms with Crippen LogP contribution in [0.5, 0.6) is 0 Å². The number of hydrogen-bond donors (Lipinski definition) is 1. The van der Waals surface area contributed by atoms with Gasteiger partial charge in [0.2, 0.25) is 0 Å². The molecule has 1 saturated carbocycles. The lowest BCUT2D eigenvalue weighted by Gasteiger charge is -2.38. The van der Waals surface area contributed by atoms with Crippen molar-refractivity contribution in [1.29, 1.82) is 0 Å². The van der Waals surface area contributed by atoms with Gasteiger partial charge in [-0.15, -0.1) is 0 Å². The number of ether oxygens (including phenoxy) is 2. The molecule has 1 N–H and O–H groups in total. The highest BCUT2D eigenvalue weighted by atomic mass is 35.5. The average Bonchev–Trinajstić information content (AvgIpc) is 2.79. The van der Waals surface area contributed by atoms with Crippen LogP contribution in [0.25, 0.3) is 0 Å². The molecule has 1 aliphatic heterocycles. The van der Waals surface area contributed by atoms with E-state index in [4.69, 9.17) is 21.1 Å². The summed E-state index contributed by atoms with van der Waals surface area (Å²) in [5.41, 5.74) is 3.03. The Kier molecular flexibility index (Phi) is 6.94. The van der Waals surface area contributed by atoms with E-state index >= 15 is 0 Å². The van der Waals surface area contributed by atoms with Gasteiger partial charge in [-0.2, -0.15) is 0 Å². The van der Waals surface area contributed by atoms with Crippen molar-refractivity contribution in [3.05, 3.63) is 57.4 Å². The molecule has 4 rings (SSSR count). The molecule has 1 heterocycles. The summed E-state index contributed by atoms with van der Waals surface area (Å²) in [6.45, 7) is 3.71. The third-order valence-electron chi connectivity index (χ3n) is 6.99. The zero-order valence-electron chi connectivity index (χ0n) is 19.3. The molecule has 2 aliphatic carbocycles. The zero-order valence-corrected chi connectivity index (χ0v) is 20.0. The summed E-state index contributed by atoms with van der Waals surface area (Å²) in [6, 6.07) is 7.13. The van der Waals surface area contributed by atoms with Crippen molar-refractivity contribution >= 4 is 29.3 Å². The number of carbonyl (C=O) groups is 3. The molecule has 0 bridgehead atoms. The molecule has 3 atom stereocenters. The van der Waals surface area contributed by atoms with Crippen molar-refractivity contribution in [2.45, 2.75) is 64.4 Å². The smallest absolute Gasteiger partial charge is 0.337 e. The highest BCUT2D eigenvalue weighted by molar-refractivity contribution is 6.30. The number of ketones is 1. The Bertz CT molecular complexity index is 1020. The van der Waals surface area contributed by atoms with Crippen LogP contribution in [0.4, 0.5) is 0 Å². The SMILES string of the molecule is COC(=O)C1C(=O)C2=C(CC1C)NC(C)=C(C(=O)OC1CCCCC1)C2c1ccc(Cl)cc1. The molecule has 6 nitrogen and oxygen atoms in total. The van der Waals surface area contributed by atoms with Gasteiger partial charge in [-0.3, -0.25) is 9.59 Å². The van der Waals surface area contributed by atoms with E-state index in [-0.39, 0.29) is 17.8 Å². The molecule has 33 heavy (non-hydrogen) atoms. The summed E-state index contributed by atoms with van der Waals surface area (Å²) >= 11 is 6.12. The van der Waals surface area contributed by atoms with Gasteiger partial charge >= 0.3 is 11.9 Å². The van der Waals surface area contributed by atoms with E-state index in [1.54, 1.807) is 12.1 Å². The largest absolute Gasteiger partial charge is 0.468 e. The maximum Gasteiger partial charge on any atom is 0.337 e. The van der Waals surface area contributed by atoms with Gasteiger partial charge in [-0.1, -0.05) is 37.1 Å². The van der Waals surface area contributed by atoms with E-state index < -0.39 is 23.8 Å². The Hall–Kier alpha value is -2.60. The number of carbonyl (C=O) groups excluding carboxylic acids is 3. The molecule has 1 fully saturated rings. The van der Waals surface area contributed by atoms with E-state index in [9.17, 15) is 14.4 Å². The molecular weight excluding hydrogens is 442 g/mol. The van der Waals surface area contributed by atoms with E-state index in [1.807, 2.05) is 26.0 Å². The minimum atomic E-state index is -0.903. The summed E-state index contributed by atoms with van der Waals surface area (Å²) in [5.74, 6) is -3.03. The highest BCUT2D eigenvalue weighted by Gasteiger charge is 2.47. The molecule has 0 amide bonds. The summed E-state index contributed by atoms with van der Waals surface area (Å²) < 4.78 is 10.9. The topological polar surface area (TPSA) is 81.7 Å². The van der Waals surface area contributed by atoms with Gasteiger partial charge in [-0.25, -0.2) is 4.79 Å². The Morgan fingerprint density at radius 2 is 1.76 bits per heavy atom. The second-order valence-electron chi connectivity index (χ2n) is 9.25. The Labute approximate surface area is 199 Å². The van der Waals surface area contributed by atoms with Crippen molar-refractivity contribution < 1.29 is 23.9 Å². The second kappa shape index (κ2) is 9.72. The molecule has 3 unspecified atom stereocenters. The van der Waals surface area contributed by atoms with E-state index in [1.165, 1.54) is 7.11 Å². The van der Waals surface area contributed by atoms with Gasteiger partial charge in [0.1, 0.15) is 12.0 Å². The van der Waals surface area contributed by atoms with Crippen LogP contribution < -0.4 is 5.32 Å². The third kappa shape index (κ3) is 4.58. The molecule has 3 aliphatic rings. The first-order chi connectivity index (χ1) is 15.8. The van der Waals surface area contributed by atoms with Gasteiger partial charge in [0.25, 0.3) is 0 Å². The number of benzene rings is 1. The maximum atomic E-state index is 13.7. The normalized spacial score (nSPS) is 25.9. The first kappa shape index (κ1) is 23.6. The van der Waals surface area contributed by atoms with E-state index in [2.05, 4.69) is 5.32 Å². The van der Waals surface area contributed by atoms with Gasteiger partial charge < -0.3 is 14.8 Å². The van der Waals surface area contributed by atoms with Crippen LogP contribution in [0.15, 0.2) is 46.8 Å².